The van der Waals surface area contributed by atoms with Crippen molar-refractivity contribution < 1.29 is 0 Å². The van der Waals surface area contributed by atoms with Crippen molar-refractivity contribution in [1.82, 2.24) is 14.8 Å². The topological polar surface area (TPSA) is 94.8 Å². The SMILES string of the molecule is NCCc1nc2n(n1)C(CN)CCN2. The molecule has 1 unspecified atom stereocenters. The number of fused-ring (bicyclic) bond motifs is 1. The van der Waals surface area contributed by atoms with Gasteiger partial charge in [-0.25, -0.2) is 4.68 Å². The molecule has 1 aliphatic rings. The number of hydrogen-bond acceptors (Lipinski definition) is 5. The monoisotopic (exact) mass is 196 g/mol. The largest absolute Gasteiger partial charge is 0.354 e. The highest BCUT2D eigenvalue weighted by molar-refractivity contribution is 5.28. The maximum atomic E-state index is 5.66. The average Bonchev–Trinajstić information content (AvgIpc) is 2.60. The van der Waals surface area contributed by atoms with Gasteiger partial charge in [-0.05, 0) is 13.0 Å². The molecule has 0 aliphatic carbocycles. The normalized spacial score (nSPS) is 20.3. The van der Waals surface area contributed by atoms with E-state index in [1.54, 1.807) is 0 Å². The number of nitrogens with one attached hydrogen (secondary N) is 1. The van der Waals surface area contributed by atoms with Crippen LogP contribution in [-0.4, -0.2) is 34.4 Å². The molecule has 5 N–H and O–H groups in total. The van der Waals surface area contributed by atoms with Gasteiger partial charge in [0.25, 0.3) is 0 Å². The van der Waals surface area contributed by atoms with Crippen LogP contribution < -0.4 is 16.8 Å². The Morgan fingerprint density at radius 2 is 2.36 bits per heavy atom. The zero-order chi connectivity index (χ0) is 9.97. The zero-order valence-electron chi connectivity index (χ0n) is 8.11. The molecule has 0 saturated carbocycles. The highest BCUT2D eigenvalue weighted by atomic mass is 15.4. The Kier molecular flexibility index (Phi) is 2.64. The lowest BCUT2D eigenvalue weighted by Gasteiger charge is -2.22. The third-order valence-electron chi connectivity index (χ3n) is 2.42. The number of aromatic nitrogens is 3. The Balaban J connectivity index is 2.24. The van der Waals surface area contributed by atoms with Gasteiger partial charge in [0.1, 0.15) is 0 Å². The molecule has 14 heavy (non-hydrogen) atoms. The molecule has 0 amide bonds. The van der Waals surface area contributed by atoms with Gasteiger partial charge in [-0.3, -0.25) is 0 Å². The highest BCUT2D eigenvalue weighted by Crippen LogP contribution is 2.20. The van der Waals surface area contributed by atoms with Gasteiger partial charge in [0.05, 0.1) is 6.04 Å². The van der Waals surface area contributed by atoms with Gasteiger partial charge in [-0.15, -0.1) is 0 Å². The summed E-state index contributed by atoms with van der Waals surface area (Å²) < 4.78 is 1.88. The average molecular weight is 196 g/mol. The molecule has 2 rings (SSSR count). The minimum Gasteiger partial charge on any atom is -0.354 e. The van der Waals surface area contributed by atoms with Crippen LogP contribution in [0.5, 0.6) is 0 Å². The third kappa shape index (κ3) is 1.58. The fraction of sp³-hybridized carbons (Fsp3) is 0.750. The predicted molar refractivity (Wildman–Crippen MR) is 54.0 cm³/mol. The number of hydrogen-bond donors (Lipinski definition) is 3. The quantitative estimate of drug-likeness (QED) is 0.582. The Hall–Kier alpha value is -1.14. The molecule has 6 nitrogen and oxygen atoms in total. The van der Waals surface area contributed by atoms with Crippen molar-refractivity contribution in [2.24, 2.45) is 11.5 Å². The van der Waals surface area contributed by atoms with Crippen molar-refractivity contribution in [3.05, 3.63) is 5.82 Å². The Labute approximate surface area is 82.7 Å². The first kappa shape index (κ1) is 9.42. The van der Waals surface area contributed by atoms with E-state index >= 15 is 0 Å². The first-order valence-corrected chi connectivity index (χ1v) is 4.94. The smallest absolute Gasteiger partial charge is 0.221 e. The molecular formula is C8H16N6. The lowest BCUT2D eigenvalue weighted by Crippen LogP contribution is -2.29. The third-order valence-corrected chi connectivity index (χ3v) is 2.42. The molecule has 1 aromatic heterocycles. The first-order valence-electron chi connectivity index (χ1n) is 4.94. The Morgan fingerprint density at radius 3 is 3.07 bits per heavy atom. The molecule has 0 spiro atoms. The second-order valence-electron chi connectivity index (χ2n) is 3.44. The standard InChI is InChI=1S/C8H16N6/c9-3-1-7-12-8-11-4-2-6(5-10)14(8)13-7/h6H,1-5,9-10H2,(H,11,12,13). The second kappa shape index (κ2) is 3.93. The number of nitrogens with zero attached hydrogens (tertiary/aromatic N) is 3. The number of nitrogens with two attached hydrogens (primary N) is 2. The van der Waals surface area contributed by atoms with Gasteiger partial charge < -0.3 is 16.8 Å². The van der Waals surface area contributed by atoms with Crippen molar-refractivity contribution in [3.8, 4) is 0 Å². The van der Waals surface area contributed by atoms with Crippen LogP contribution in [0.2, 0.25) is 0 Å². The maximum Gasteiger partial charge on any atom is 0.221 e. The van der Waals surface area contributed by atoms with Crippen molar-refractivity contribution in [2.75, 3.05) is 25.0 Å². The maximum absolute atomic E-state index is 5.66. The van der Waals surface area contributed by atoms with E-state index in [2.05, 4.69) is 15.4 Å². The fourth-order valence-corrected chi connectivity index (χ4v) is 1.67. The molecule has 0 aromatic carbocycles. The van der Waals surface area contributed by atoms with Crippen LogP contribution in [0, 0.1) is 0 Å². The van der Waals surface area contributed by atoms with Crippen molar-refractivity contribution in [1.29, 1.82) is 0 Å². The van der Waals surface area contributed by atoms with Crippen LogP contribution in [0.15, 0.2) is 0 Å². The van der Waals surface area contributed by atoms with E-state index in [4.69, 9.17) is 11.5 Å². The van der Waals surface area contributed by atoms with E-state index in [9.17, 15) is 0 Å². The Bertz CT molecular complexity index is 307. The first-order chi connectivity index (χ1) is 6.85. The number of rotatable bonds is 3. The molecule has 1 atom stereocenters. The summed E-state index contributed by atoms with van der Waals surface area (Å²) in [5.74, 6) is 1.63. The zero-order valence-corrected chi connectivity index (χ0v) is 8.11. The van der Waals surface area contributed by atoms with Crippen LogP contribution >= 0.6 is 0 Å². The van der Waals surface area contributed by atoms with Gasteiger partial charge in [-0.1, -0.05) is 0 Å². The predicted octanol–water partition coefficient (Wildman–Crippen LogP) is -0.905. The van der Waals surface area contributed by atoms with E-state index < -0.39 is 0 Å². The summed E-state index contributed by atoms with van der Waals surface area (Å²) in [6.07, 6.45) is 1.73. The van der Waals surface area contributed by atoms with Crippen LogP contribution in [0.1, 0.15) is 18.3 Å². The summed E-state index contributed by atoms with van der Waals surface area (Å²) in [6.45, 7) is 2.11. The molecule has 1 aliphatic heterocycles. The van der Waals surface area contributed by atoms with Crippen LogP contribution in [0.4, 0.5) is 5.95 Å². The molecule has 0 fully saturated rings. The van der Waals surface area contributed by atoms with Gasteiger partial charge >= 0.3 is 0 Å². The molecule has 0 saturated heterocycles. The summed E-state index contributed by atoms with van der Waals surface area (Å²) in [5, 5.41) is 7.57. The van der Waals surface area contributed by atoms with Crippen LogP contribution in [0.25, 0.3) is 0 Å². The van der Waals surface area contributed by atoms with Gasteiger partial charge in [0.2, 0.25) is 5.95 Å². The molecule has 6 heteroatoms. The molecule has 78 valence electrons. The molecule has 0 radical (unpaired) electrons. The van der Waals surface area contributed by atoms with Gasteiger partial charge in [0.15, 0.2) is 5.82 Å². The highest BCUT2D eigenvalue weighted by Gasteiger charge is 2.21. The minimum atomic E-state index is 0.283. The van der Waals surface area contributed by atoms with E-state index in [1.165, 1.54) is 0 Å². The van der Waals surface area contributed by atoms with Crippen molar-refractivity contribution >= 4 is 5.95 Å². The molecular weight excluding hydrogens is 180 g/mol. The van der Waals surface area contributed by atoms with E-state index in [-0.39, 0.29) is 6.04 Å². The minimum absolute atomic E-state index is 0.283. The lowest BCUT2D eigenvalue weighted by atomic mass is 10.2. The summed E-state index contributed by atoms with van der Waals surface area (Å²) in [5.41, 5.74) is 11.1. The number of anilines is 1. The van der Waals surface area contributed by atoms with Crippen LogP contribution in [-0.2, 0) is 6.42 Å². The van der Waals surface area contributed by atoms with E-state index in [0.29, 0.717) is 13.1 Å². The van der Waals surface area contributed by atoms with Gasteiger partial charge in [-0.2, -0.15) is 10.1 Å². The fourth-order valence-electron chi connectivity index (χ4n) is 1.67. The van der Waals surface area contributed by atoms with Gasteiger partial charge in [0, 0.05) is 19.5 Å². The van der Waals surface area contributed by atoms with Crippen LogP contribution in [0.3, 0.4) is 0 Å². The van der Waals surface area contributed by atoms with Crippen molar-refractivity contribution in [2.45, 2.75) is 18.9 Å². The molecule has 2 heterocycles. The summed E-state index contributed by atoms with van der Waals surface area (Å²) in [6, 6.07) is 0.283. The second-order valence-corrected chi connectivity index (χ2v) is 3.44. The van der Waals surface area contributed by atoms with Crippen molar-refractivity contribution in [3.63, 3.8) is 0 Å². The lowest BCUT2D eigenvalue weighted by molar-refractivity contribution is 0.424. The molecule has 0 bridgehead atoms. The summed E-state index contributed by atoms with van der Waals surface area (Å²) >= 11 is 0. The van der Waals surface area contributed by atoms with E-state index in [1.807, 2.05) is 4.68 Å². The molecule has 1 aromatic rings. The summed E-state index contributed by atoms with van der Waals surface area (Å²) in [7, 11) is 0. The Morgan fingerprint density at radius 1 is 1.50 bits per heavy atom. The van der Waals surface area contributed by atoms with E-state index in [0.717, 1.165) is 31.2 Å². The summed E-state index contributed by atoms with van der Waals surface area (Å²) in [4.78, 5) is 4.34.